The van der Waals surface area contributed by atoms with Crippen LogP contribution in [-0.2, 0) is 17.9 Å². The molecule has 0 unspecified atom stereocenters. The number of halogens is 2. The summed E-state index contributed by atoms with van der Waals surface area (Å²) >= 11 is 5.97. The molecule has 0 aliphatic carbocycles. The minimum absolute atomic E-state index is 0.00627. The number of hydrogen-bond acceptors (Lipinski definition) is 6. The molecule has 0 atom stereocenters. The van der Waals surface area contributed by atoms with E-state index in [0.29, 0.717) is 5.69 Å². The van der Waals surface area contributed by atoms with Gasteiger partial charge in [-0.3, -0.25) is 10.1 Å². The smallest absolute Gasteiger partial charge is 0.358 e. The Hall–Kier alpha value is -3.34. The number of rotatable bonds is 6. The number of hydrogen-bond donors (Lipinski definition) is 1. The molecule has 0 aliphatic heterocycles. The van der Waals surface area contributed by atoms with Crippen molar-refractivity contribution >= 4 is 29.3 Å². The van der Waals surface area contributed by atoms with Gasteiger partial charge in [0.1, 0.15) is 18.7 Å². The lowest BCUT2D eigenvalue weighted by molar-refractivity contribution is -0.389. The average molecular weight is 394 g/mol. The Labute approximate surface area is 156 Å². The zero-order valence-corrected chi connectivity index (χ0v) is 14.7. The van der Waals surface area contributed by atoms with E-state index in [1.165, 1.54) is 33.9 Å². The third-order valence-electron chi connectivity index (χ3n) is 3.62. The van der Waals surface area contributed by atoms with Crippen LogP contribution in [-0.4, -0.2) is 35.4 Å². The lowest BCUT2D eigenvalue weighted by Crippen LogP contribution is -2.21. The fraction of sp³-hybridized carbons (Fsp3) is 0.200. The van der Waals surface area contributed by atoms with E-state index >= 15 is 0 Å². The topological polar surface area (TPSA) is 121 Å². The van der Waals surface area contributed by atoms with Crippen LogP contribution in [0.5, 0.6) is 0 Å². The third kappa shape index (κ3) is 4.26. The van der Waals surface area contributed by atoms with E-state index in [0.717, 1.165) is 0 Å². The molecule has 27 heavy (non-hydrogen) atoms. The van der Waals surface area contributed by atoms with Crippen molar-refractivity contribution in [3.05, 3.63) is 62.8 Å². The first-order chi connectivity index (χ1) is 12.8. The number of aryl methyl sites for hydroxylation is 1. The number of nitrogens with one attached hydrogen (secondary N) is 1. The monoisotopic (exact) mass is 393 g/mol. The molecule has 0 saturated heterocycles. The fourth-order valence-electron chi connectivity index (χ4n) is 2.32. The van der Waals surface area contributed by atoms with Gasteiger partial charge in [0.15, 0.2) is 0 Å². The van der Waals surface area contributed by atoms with Gasteiger partial charge in [0.05, 0.1) is 23.4 Å². The zero-order chi connectivity index (χ0) is 19.6. The predicted molar refractivity (Wildman–Crippen MR) is 92.8 cm³/mol. The van der Waals surface area contributed by atoms with Gasteiger partial charge in [-0.2, -0.15) is 4.68 Å². The fourth-order valence-corrected chi connectivity index (χ4v) is 2.54. The van der Waals surface area contributed by atoms with Crippen LogP contribution >= 0.6 is 11.6 Å². The van der Waals surface area contributed by atoms with E-state index in [2.05, 4.69) is 20.5 Å². The SMILES string of the molecule is Cc1cc([N+](=O)[O-])nn1CC(=O)Nc1ncn(Cc2c(F)cccc2Cl)n1. The van der Waals surface area contributed by atoms with Crippen molar-refractivity contribution in [1.29, 1.82) is 0 Å². The number of anilines is 1. The van der Waals surface area contributed by atoms with E-state index in [-0.39, 0.29) is 35.4 Å². The van der Waals surface area contributed by atoms with Crippen LogP contribution in [0, 0.1) is 22.9 Å². The summed E-state index contributed by atoms with van der Waals surface area (Å²) in [5.74, 6) is -1.33. The summed E-state index contributed by atoms with van der Waals surface area (Å²) in [4.78, 5) is 26.1. The highest BCUT2D eigenvalue weighted by Gasteiger charge is 2.18. The second-order valence-electron chi connectivity index (χ2n) is 5.57. The molecule has 1 amide bonds. The predicted octanol–water partition coefficient (Wildman–Crippen LogP) is 2.17. The second kappa shape index (κ2) is 7.50. The molecule has 3 rings (SSSR count). The minimum atomic E-state index is -0.640. The average Bonchev–Trinajstić information content (AvgIpc) is 3.18. The van der Waals surface area contributed by atoms with E-state index in [1.807, 2.05) is 0 Å². The Balaban J connectivity index is 1.65. The number of nitrogens with zero attached hydrogens (tertiary/aromatic N) is 6. The second-order valence-corrected chi connectivity index (χ2v) is 5.98. The van der Waals surface area contributed by atoms with E-state index in [4.69, 9.17) is 11.6 Å². The molecule has 1 N–H and O–H groups in total. The van der Waals surface area contributed by atoms with Crippen LogP contribution < -0.4 is 5.32 Å². The van der Waals surface area contributed by atoms with Crippen LogP contribution in [0.3, 0.4) is 0 Å². The Bertz CT molecular complexity index is 997. The van der Waals surface area contributed by atoms with Crippen LogP contribution in [0.15, 0.2) is 30.6 Å². The molecular weight excluding hydrogens is 381 g/mol. The summed E-state index contributed by atoms with van der Waals surface area (Å²) in [6.07, 6.45) is 1.32. The highest BCUT2D eigenvalue weighted by Crippen LogP contribution is 2.20. The molecule has 0 bridgehead atoms. The summed E-state index contributed by atoms with van der Waals surface area (Å²) in [6.45, 7) is 1.39. The van der Waals surface area contributed by atoms with Crippen LogP contribution in [0.4, 0.5) is 16.2 Å². The number of nitro groups is 1. The van der Waals surface area contributed by atoms with Crippen molar-refractivity contribution in [2.75, 3.05) is 5.32 Å². The summed E-state index contributed by atoms with van der Waals surface area (Å²) in [5.41, 5.74) is 0.714. The first-order valence-electron chi connectivity index (χ1n) is 7.64. The van der Waals surface area contributed by atoms with E-state index < -0.39 is 16.6 Å². The van der Waals surface area contributed by atoms with Crippen LogP contribution in [0.2, 0.25) is 5.02 Å². The molecule has 140 valence electrons. The molecule has 12 heteroatoms. The standard InChI is InChI=1S/C15H13ClFN7O3/c1-9-5-13(24(26)27)20-23(9)7-14(25)19-15-18-8-22(21-15)6-10-11(16)3-2-4-12(10)17/h2-5,8H,6-7H2,1H3,(H,19,21,25). The number of amides is 1. The molecule has 0 radical (unpaired) electrons. The lowest BCUT2D eigenvalue weighted by Gasteiger charge is -2.05. The molecular formula is C15H13ClFN7O3. The largest absolute Gasteiger partial charge is 0.390 e. The summed E-state index contributed by atoms with van der Waals surface area (Å²) in [5, 5.41) is 21.2. The molecule has 0 spiro atoms. The van der Waals surface area contributed by atoms with Crippen molar-refractivity contribution < 1.29 is 14.1 Å². The normalized spacial score (nSPS) is 10.8. The minimum Gasteiger partial charge on any atom is -0.358 e. The highest BCUT2D eigenvalue weighted by molar-refractivity contribution is 6.31. The van der Waals surface area contributed by atoms with E-state index in [9.17, 15) is 19.3 Å². The van der Waals surface area contributed by atoms with Gasteiger partial charge in [0, 0.05) is 10.6 Å². The molecule has 0 aliphatic rings. The van der Waals surface area contributed by atoms with E-state index in [1.54, 1.807) is 13.0 Å². The van der Waals surface area contributed by atoms with Crippen LogP contribution in [0.1, 0.15) is 11.3 Å². The van der Waals surface area contributed by atoms with Gasteiger partial charge in [0.25, 0.3) is 5.91 Å². The van der Waals surface area contributed by atoms with Crippen molar-refractivity contribution in [1.82, 2.24) is 24.5 Å². The number of carbonyl (C=O) groups is 1. The van der Waals surface area contributed by atoms with Gasteiger partial charge >= 0.3 is 5.82 Å². The maximum Gasteiger partial charge on any atom is 0.390 e. The van der Waals surface area contributed by atoms with Crippen molar-refractivity contribution in [3.8, 4) is 0 Å². The molecule has 0 saturated carbocycles. The van der Waals surface area contributed by atoms with Crippen molar-refractivity contribution in [2.24, 2.45) is 0 Å². The van der Waals surface area contributed by atoms with Gasteiger partial charge < -0.3 is 10.1 Å². The quantitative estimate of drug-likeness (QED) is 0.506. The molecule has 2 heterocycles. The molecule has 2 aromatic heterocycles. The zero-order valence-electron chi connectivity index (χ0n) is 14.0. The van der Waals surface area contributed by atoms with Crippen molar-refractivity contribution in [3.63, 3.8) is 0 Å². The Morgan fingerprint density at radius 1 is 1.41 bits per heavy atom. The number of carbonyl (C=O) groups excluding carboxylic acids is 1. The summed E-state index contributed by atoms with van der Waals surface area (Å²) in [7, 11) is 0. The third-order valence-corrected chi connectivity index (χ3v) is 3.97. The van der Waals surface area contributed by atoms with Gasteiger partial charge in [-0.1, -0.05) is 17.7 Å². The van der Waals surface area contributed by atoms with Gasteiger partial charge in [-0.15, -0.1) is 5.10 Å². The Morgan fingerprint density at radius 3 is 2.85 bits per heavy atom. The van der Waals surface area contributed by atoms with Crippen LogP contribution in [0.25, 0.3) is 0 Å². The molecule has 0 fully saturated rings. The molecule has 1 aromatic carbocycles. The first-order valence-corrected chi connectivity index (χ1v) is 8.02. The van der Waals surface area contributed by atoms with Gasteiger partial charge in [-0.25, -0.2) is 14.1 Å². The lowest BCUT2D eigenvalue weighted by atomic mass is 10.2. The maximum atomic E-state index is 13.8. The Kier molecular flexibility index (Phi) is 5.12. The van der Waals surface area contributed by atoms with Gasteiger partial charge in [0.2, 0.25) is 5.95 Å². The Morgan fingerprint density at radius 2 is 2.19 bits per heavy atom. The number of benzene rings is 1. The highest BCUT2D eigenvalue weighted by atomic mass is 35.5. The molecule has 10 nitrogen and oxygen atoms in total. The first kappa shape index (κ1) is 18.5. The summed E-state index contributed by atoms with van der Waals surface area (Å²) < 4.78 is 16.3. The van der Waals surface area contributed by atoms with Crippen molar-refractivity contribution in [2.45, 2.75) is 20.0 Å². The maximum absolute atomic E-state index is 13.8. The summed E-state index contributed by atoms with van der Waals surface area (Å²) in [6, 6.07) is 5.60. The molecule has 3 aromatic rings. The number of aromatic nitrogens is 5. The van der Waals surface area contributed by atoms with Gasteiger partial charge in [-0.05, 0) is 24.0 Å².